The Kier molecular flexibility index (Phi) is 7.34. The summed E-state index contributed by atoms with van der Waals surface area (Å²) >= 11 is 7.89. The number of carbonyl (C=O) groups excluding carboxylic acids is 1. The Balaban J connectivity index is 2.05. The van der Waals surface area contributed by atoms with Crippen molar-refractivity contribution in [1.82, 2.24) is 5.48 Å². The van der Waals surface area contributed by atoms with Crippen molar-refractivity contribution in [1.29, 1.82) is 0 Å². The van der Waals surface area contributed by atoms with Gasteiger partial charge in [0.25, 0.3) is 0 Å². The summed E-state index contributed by atoms with van der Waals surface area (Å²) in [7, 11) is -2.24. The number of carbonyl (C=O) groups is 1. The largest absolute Gasteiger partial charge is 0.495 e. The number of sulfonamides is 1. The van der Waals surface area contributed by atoms with Crippen LogP contribution in [-0.4, -0.2) is 26.6 Å². The minimum Gasteiger partial charge on any atom is -0.495 e. The van der Waals surface area contributed by atoms with Crippen molar-refractivity contribution in [3.05, 3.63) is 57.7 Å². The topological polar surface area (TPSA) is 119 Å². The first-order valence-electron chi connectivity index (χ1n) is 9.25. The maximum atomic E-state index is 11.6. The molecule has 4 N–H and O–H groups in total. The summed E-state index contributed by atoms with van der Waals surface area (Å²) in [6, 6.07) is 11.9. The second kappa shape index (κ2) is 9.80. The van der Waals surface area contributed by atoms with E-state index in [1.54, 1.807) is 30.8 Å². The van der Waals surface area contributed by atoms with Crippen LogP contribution in [-0.2, 0) is 21.2 Å². The minimum atomic E-state index is -3.78. The van der Waals surface area contributed by atoms with Crippen LogP contribution in [0.5, 0.6) is 5.75 Å². The molecule has 2 aromatic carbocycles. The number of methoxy groups -OCH3 is 1. The molecule has 0 atom stereocenters. The van der Waals surface area contributed by atoms with E-state index in [4.69, 9.17) is 26.7 Å². The van der Waals surface area contributed by atoms with Crippen LogP contribution in [0.3, 0.4) is 0 Å². The number of nitrogens with one attached hydrogen (secondary N) is 1. The van der Waals surface area contributed by atoms with Crippen molar-refractivity contribution < 1.29 is 23.2 Å². The number of rotatable bonds is 8. The predicted molar refractivity (Wildman–Crippen MR) is 121 cm³/mol. The van der Waals surface area contributed by atoms with Crippen LogP contribution in [0, 0.1) is 0 Å². The van der Waals surface area contributed by atoms with Gasteiger partial charge in [0.05, 0.1) is 17.0 Å². The zero-order chi connectivity index (χ0) is 22.6. The lowest BCUT2D eigenvalue weighted by atomic mass is 9.95. The molecule has 0 aliphatic carbocycles. The molecule has 3 aromatic rings. The van der Waals surface area contributed by atoms with E-state index in [9.17, 15) is 13.2 Å². The van der Waals surface area contributed by atoms with Gasteiger partial charge in [-0.1, -0.05) is 29.8 Å². The maximum absolute atomic E-state index is 11.6. The Labute approximate surface area is 189 Å². The van der Waals surface area contributed by atoms with Gasteiger partial charge in [0.2, 0.25) is 15.9 Å². The normalized spacial score (nSPS) is 11.4. The predicted octanol–water partition coefficient (Wildman–Crippen LogP) is 4.22. The molecule has 0 spiro atoms. The number of halogens is 1. The fourth-order valence-corrected chi connectivity index (χ4v) is 5.12. The molecule has 7 nitrogen and oxygen atoms in total. The van der Waals surface area contributed by atoms with E-state index in [2.05, 4.69) is 0 Å². The molecule has 0 aliphatic rings. The standard InChI is InChI=1S/C21H21ClN2O5S2/c1-29-18-10-7-14(11-17(18)22)21-16(12-30-19(21)3-2-4-20(25)24-26)13-5-8-15(9-6-13)31(23,27)28/h5-12,26H,2-4H2,1H3,(H,24,25)(H2,23,27,28). The third kappa shape index (κ3) is 5.44. The Bertz CT molecular complexity index is 1190. The molecule has 0 saturated carbocycles. The molecule has 0 radical (unpaired) electrons. The number of thiophene rings is 1. The molecule has 0 aliphatic heterocycles. The number of amides is 1. The van der Waals surface area contributed by atoms with Gasteiger partial charge in [0.1, 0.15) is 5.75 Å². The van der Waals surface area contributed by atoms with E-state index < -0.39 is 15.9 Å². The summed E-state index contributed by atoms with van der Waals surface area (Å²) in [6.07, 6.45) is 1.36. The molecule has 1 heterocycles. The summed E-state index contributed by atoms with van der Waals surface area (Å²) in [5.74, 6) is 0.116. The molecular weight excluding hydrogens is 460 g/mol. The highest BCUT2D eigenvalue weighted by Gasteiger charge is 2.18. The molecule has 164 valence electrons. The quantitative estimate of drug-likeness (QED) is 0.329. The minimum absolute atomic E-state index is 0.0377. The average Bonchev–Trinajstić information content (AvgIpc) is 3.16. The Morgan fingerprint density at radius 2 is 1.87 bits per heavy atom. The highest BCUT2D eigenvalue weighted by atomic mass is 35.5. The summed E-state index contributed by atoms with van der Waals surface area (Å²) in [5.41, 5.74) is 5.20. The summed E-state index contributed by atoms with van der Waals surface area (Å²) < 4.78 is 28.4. The van der Waals surface area contributed by atoms with Gasteiger partial charge in [-0.2, -0.15) is 0 Å². The fourth-order valence-electron chi connectivity index (χ4n) is 3.22. The lowest BCUT2D eigenvalue weighted by Gasteiger charge is -2.11. The van der Waals surface area contributed by atoms with E-state index in [0.717, 1.165) is 27.1 Å². The summed E-state index contributed by atoms with van der Waals surface area (Å²) in [6.45, 7) is 0. The molecular formula is C21H21ClN2O5S2. The van der Waals surface area contributed by atoms with Crippen LogP contribution in [0.25, 0.3) is 22.3 Å². The smallest absolute Gasteiger partial charge is 0.243 e. The third-order valence-corrected chi connectivity index (χ3v) is 7.00. The molecule has 1 amide bonds. The van der Waals surface area contributed by atoms with E-state index in [-0.39, 0.29) is 11.3 Å². The van der Waals surface area contributed by atoms with Crippen molar-refractivity contribution in [3.63, 3.8) is 0 Å². The number of nitrogens with two attached hydrogens (primary N) is 1. The number of hydrogen-bond donors (Lipinski definition) is 3. The number of hydrogen-bond acceptors (Lipinski definition) is 6. The van der Waals surface area contributed by atoms with Gasteiger partial charge in [0, 0.05) is 22.4 Å². The monoisotopic (exact) mass is 480 g/mol. The molecule has 0 saturated heterocycles. The molecule has 31 heavy (non-hydrogen) atoms. The first kappa shape index (κ1) is 23.2. The van der Waals surface area contributed by atoms with Crippen LogP contribution in [0.1, 0.15) is 17.7 Å². The summed E-state index contributed by atoms with van der Waals surface area (Å²) in [4.78, 5) is 12.4. The second-order valence-electron chi connectivity index (χ2n) is 6.75. The second-order valence-corrected chi connectivity index (χ2v) is 9.69. The Morgan fingerprint density at radius 3 is 2.45 bits per heavy atom. The van der Waals surface area contributed by atoms with E-state index >= 15 is 0 Å². The van der Waals surface area contributed by atoms with E-state index in [1.807, 2.05) is 17.5 Å². The van der Waals surface area contributed by atoms with Gasteiger partial charge in [-0.25, -0.2) is 19.0 Å². The highest BCUT2D eigenvalue weighted by Crippen LogP contribution is 2.42. The number of aryl methyl sites for hydroxylation is 1. The van der Waals surface area contributed by atoms with Crippen molar-refractivity contribution in [2.75, 3.05) is 7.11 Å². The van der Waals surface area contributed by atoms with Crippen molar-refractivity contribution in [2.45, 2.75) is 24.2 Å². The van der Waals surface area contributed by atoms with E-state index in [0.29, 0.717) is 23.6 Å². The van der Waals surface area contributed by atoms with Crippen LogP contribution < -0.4 is 15.4 Å². The third-order valence-electron chi connectivity index (χ3n) is 4.73. The SMILES string of the molecule is COc1ccc(-c2c(-c3ccc(S(N)(=O)=O)cc3)csc2CCCC(=O)NO)cc1Cl. The molecule has 0 bridgehead atoms. The van der Waals surface area contributed by atoms with E-state index in [1.165, 1.54) is 23.5 Å². The average molecular weight is 481 g/mol. The highest BCUT2D eigenvalue weighted by molar-refractivity contribution is 7.89. The van der Waals surface area contributed by atoms with Crippen LogP contribution in [0.15, 0.2) is 52.7 Å². The number of primary sulfonamides is 1. The first-order chi connectivity index (χ1) is 14.7. The summed E-state index contributed by atoms with van der Waals surface area (Å²) in [5, 5.41) is 16.4. The van der Waals surface area contributed by atoms with Crippen LogP contribution >= 0.6 is 22.9 Å². The van der Waals surface area contributed by atoms with Gasteiger partial charge in [-0.15, -0.1) is 11.3 Å². The number of benzene rings is 2. The maximum Gasteiger partial charge on any atom is 0.243 e. The molecule has 10 heteroatoms. The molecule has 3 rings (SSSR count). The number of hydroxylamine groups is 1. The first-order valence-corrected chi connectivity index (χ1v) is 12.1. The van der Waals surface area contributed by atoms with Crippen molar-refractivity contribution >= 4 is 38.9 Å². The Morgan fingerprint density at radius 1 is 1.19 bits per heavy atom. The molecule has 1 aromatic heterocycles. The van der Waals surface area contributed by atoms with Gasteiger partial charge in [-0.3, -0.25) is 10.0 Å². The van der Waals surface area contributed by atoms with Gasteiger partial charge < -0.3 is 4.74 Å². The van der Waals surface area contributed by atoms with Crippen molar-refractivity contribution in [3.8, 4) is 28.0 Å². The zero-order valence-corrected chi connectivity index (χ0v) is 19.0. The Hall–Kier alpha value is -2.43. The van der Waals surface area contributed by atoms with Gasteiger partial charge in [-0.05, 0) is 53.6 Å². The number of ether oxygens (including phenoxy) is 1. The van der Waals surface area contributed by atoms with Crippen LogP contribution in [0.2, 0.25) is 5.02 Å². The van der Waals surface area contributed by atoms with Gasteiger partial charge in [0.15, 0.2) is 0 Å². The zero-order valence-electron chi connectivity index (χ0n) is 16.6. The van der Waals surface area contributed by atoms with Crippen molar-refractivity contribution in [2.24, 2.45) is 5.14 Å². The molecule has 0 unspecified atom stereocenters. The van der Waals surface area contributed by atoms with Gasteiger partial charge >= 0.3 is 0 Å². The lowest BCUT2D eigenvalue weighted by Crippen LogP contribution is -2.18. The van der Waals surface area contributed by atoms with Crippen LogP contribution in [0.4, 0.5) is 0 Å². The fraction of sp³-hybridized carbons (Fsp3) is 0.190. The molecule has 0 fully saturated rings. The lowest BCUT2D eigenvalue weighted by molar-refractivity contribution is -0.129.